The van der Waals surface area contributed by atoms with Crippen LogP contribution in [0.2, 0.25) is 0 Å². The molecule has 0 fully saturated rings. The molecule has 2 N–H and O–H groups in total. The molecule has 14 heavy (non-hydrogen) atoms. The Morgan fingerprint density at radius 3 is 2.64 bits per heavy atom. The van der Waals surface area contributed by atoms with Crippen molar-refractivity contribution < 1.29 is 9.53 Å². The van der Waals surface area contributed by atoms with Gasteiger partial charge in [0.05, 0.1) is 19.1 Å². The normalized spacial score (nSPS) is 12.4. The predicted molar refractivity (Wildman–Crippen MR) is 54.5 cm³/mol. The molecule has 1 aromatic carbocycles. The highest BCUT2D eigenvalue weighted by molar-refractivity contribution is 5.74. The molecule has 0 saturated heterocycles. The second-order valence-corrected chi connectivity index (χ2v) is 3.28. The standard InChI is InChI=1S/C11H15NO2/c1-9(7-11(12)13)14-8-10-5-3-2-4-6-10/h2-6,9H,7-8H2,1H3,(H2,12,13)/t9-/m0/s1. The van der Waals surface area contributed by atoms with Gasteiger partial charge in [0.2, 0.25) is 5.91 Å². The van der Waals surface area contributed by atoms with Crippen molar-refractivity contribution in [2.45, 2.75) is 26.1 Å². The third kappa shape index (κ3) is 4.05. The van der Waals surface area contributed by atoms with Crippen molar-refractivity contribution in [1.82, 2.24) is 0 Å². The van der Waals surface area contributed by atoms with Crippen molar-refractivity contribution in [3.05, 3.63) is 35.9 Å². The van der Waals surface area contributed by atoms with Crippen LogP contribution >= 0.6 is 0 Å². The number of carbonyl (C=O) groups excluding carboxylic acids is 1. The Bertz CT molecular complexity index is 285. The van der Waals surface area contributed by atoms with Gasteiger partial charge in [-0.05, 0) is 12.5 Å². The summed E-state index contributed by atoms with van der Waals surface area (Å²) in [5, 5.41) is 0. The van der Waals surface area contributed by atoms with E-state index in [2.05, 4.69) is 0 Å². The van der Waals surface area contributed by atoms with Gasteiger partial charge >= 0.3 is 0 Å². The molecule has 3 nitrogen and oxygen atoms in total. The Morgan fingerprint density at radius 1 is 1.43 bits per heavy atom. The molecule has 1 rings (SSSR count). The molecule has 1 atom stereocenters. The van der Waals surface area contributed by atoms with E-state index in [1.165, 1.54) is 0 Å². The lowest BCUT2D eigenvalue weighted by molar-refractivity contribution is -0.120. The summed E-state index contributed by atoms with van der Waals surface area (Å²) < 4.78 is 5.44. The van der Waals surface area contributed by atoms with Gasteiger partial charge in [0, 0.05) is 0 Å². The largest absolute Gasteiger partial charge is 0.373 e. The number of amides is 1. The quantitative estimate of drug-likeness (QED) is 0.769. The van der Waals surface area contributed by atoms with Crippen LogP contribution in [-0.2, 0) is 16.1 Å². The van der Waals surface area contributed by atoms with Crippen molar-refractivity contribution in [1.29, 1.82) is 0 Å². The fourth-order valence-electron chi connectivity index (χ4n) is 1.15. The van der Waals surface area contributed by atoms with Crippen LogP contribution in [0.3, 0.4) is 0 Å². The Labute approximate surface area is 83.9 Å². The SMILES string of the molecule is C[C@@H](CC(N)=O)OCc1ccccc1. The molecule has 0 unspecified atom stereocenters. The van der Waals surface area contributed by atoms with Crippen LogP contribution in [-0.4, -0.2) is 12.0 Å². The van der Waals surface area contributed by atoms with E-state index >= 15 is 0 Å². The third-order valence-electron chi connectivity index (χ3n) is 1.87. The average Bonchev–Trinajstić information content (AvgIpc) is 2.15. The van der Waals surface area contributed by atoms with E-state index in [4.69, 9.17) is 10.5 Å². The second-order valence-electron chi connectivity index (χ2n) is 3.28. The van der Waals surface area contributed by atoms with Crippen LogP contribution in [0.15, 0.2) is 30.3 Å². The predicted octanol–water partition coefficient (Wildman–Crippen LogP) is 1.47. The number of ether oxygens (including phenoxy) is 1. The minimum absolute atomic E-state index is 0.118. The van der Waals surface area contributed by atoms with E-state index in [1.807, 2.05) is 37.3 Å². The molecule has 0 aliphatic carbocycles. The molecule has 1 aromatic rings. The van der Waals surface area contributed by atoms with E-state index in [9.17, 15) is 4.79 Å². The first-order chi connectivity index (χ1) is 6.68. The lowest BCUT2D eigenvalue weighted by Gasteiger charge is -2.10. The molecule has 0 heterocycles. The molecule has 0 saturated carbocycles. The maximum Gasteiger partial charge on any atom is 0.220 e. The fourth-order valence-corrected chi connectivity index (χ4v) is 1.15. The summed E-state index contributed by atoms with van der Waals surface area (Å²) in [7, 11) is 0. The average molecular weight is 193 g/mol. The highest BCUT2D eigenvalue weighted by Crippen LogP contribution is 2.04. The lowest BCUT2D eigenvalue weighted by Crippen LogP contribution is -2.20. The molecule has 0 radical (unpaired) electrons. The van der Waals surface area contributed by atoms with Gasteiger partial charge in [-0.1, -0.05) is 30.3 Å². The number of rotatable bonds is 5. The van der Waals surface area contributed by atoms with Gasteiger partial charge in [-0.15, -0.1) is 0 Å². The summed E-state index contributed by atoms with van der Waals surface area (Å²) in [5.74, 6) is -0.328. The summed E-state index contributed by atoms with van der Waals surface area (Å²) in [5.41, 5.74) is 6.14. The summed E-state index contributed by atoms with van der Waals surface area (Å²) in [6.07, 6.45) is 0.153. The zero-order valence-electron chi connectivity index (χ0n) is 8.27. The summed E-state index contributed by atoms with van der Waals surface area (Å²) in [6, 6.07) is 9.83. The summed E-state index contributed by atoms with van der Waals surface area (Å²) in [6.45, 7) is 2.36. The van der Waals surface area contributed by atoms with E-state index in [-0.39, 0.29) is 18.4 Å². The Morgan fingerprint density at radius 2 is 2.07 bits per heavy atom. The second kappa shape index (κ2) is 5.40. The van der Waals surface area contributed by atoms with Crippen LogP contribution < -0.4 is 5.73 Å². The smallest absolute Gasteiger partial charge is 0.220 e. The topological polar surface area (TPSA) is 52.3 Å². The van der Waals surface area contributed by atoms with Gasteiger partial charge in [0.1, 0.15) is 0 Å². The van der Waals surface area contributed by atoms with Crippen molar-refractivity contribution in [2.24, 2.45) is 5.73 Å². The van der Waals surface area contributed by atoms with Gasteiger partial charge in [-0.2, -0.15) is 0 Å². The number of hydrogen-bond acceptors (Lipinski definition) is 2. The van der Waals surface area contributed by atoms with Crippen LogP contribution in [0.25, 0.3) is 0 Å². The van der Waals surface area contributed by atoms with Gasteiger partial charge in [0.25, 0.3) is 0 Å². The zero-order valence-corrected chi connectivity index (χ0v) is 8.27. The van der Waals surface area contributed by atoms with E-state index in [0.717, 1.165) is 5.56 Å². The van der Waals surface area contributed by atoms with Crippen LogP contribution in [0.4, 0.5) is 0 Å². The molecule has 0 aromatic heterocycles. The molecule has 0 aliphatic heterocycles. The number of nitrogens with two attached hydrogens (primary N) is 1. The molecule has 76 valence electrons. The molecule has 3 heteroatoms. The number of benzene rings is 1. The van der Waals surface area contributed by atoms with Crippen molar-refractivity contribution >= 4 is 5.91 Å². The number of primary amides is 1. The first kappa shape index (κ1) is 10.7. The summed E-state index contributed by atoms with van der Waals surface area (Å²) in [4.78, 5) is 10.6. The summed E-state index contributed by atoms with van der Waals surface area (Å²) >= 11 is 0. The van der Waals surface area contributed by atoms with Crippen LogP contribution in [0.1, 0.15) is 18.9 Å². The van der Waals surface area contributed by atoms with Crippen LogP contribution in [0, 0.1) is 0 Å². The Balaban J connectivity index is 2.30. The van der Waals surface area contributed by atoms with Crippen molar-refractivity contribution in [3.63, 3.8) is 0 Å². The van der Waals surface area contributed by atoms with E-state index in [0.29, 0.717) is 6.61 Å². The Hall–Kier alpha value is -1.35. The lowest BCUT2D eigenvalue weighted by atomic mass is 10.2. The molecule has 0 bridgehead atoms. The number of hydrogen-bond donors (Lipinski definition) is 1. The first-order valence-electron chi connectivity index (χ1n) is 4.62. The molecule has 1 amide bonds. The Kier molecular flexibility index (Phi) is 4.13. The molecular weight excluding hydrogens is 178 g/mol. The van der Waals surface area contributed by atoms with Gasteiger partial charge in [0.15, 0.2) is 0 Å². The van der Waals surface area contributed by atoms with Crippen LogP contribution in [0.5, 0.6) is 0 Å². The fraction of sp³-hybridized carbons (Fsp3) is 0.364. The number of carbonyl (C=O) groups is 1. The van der Waals surface area contributed by atoms with Crippen molar-refractivity contribution in [2.75, 3.05) is 0 Å². The van der Waals surface area contributed by atoms with Gasteiger partial charge in [-0.25, -0.2) is 0 Å². The third-order valence-corrected chi connectivity index (χ3v) is 1.87. The van der Waals surface area contributed by atoms with E-state index < -0.39 is 0 Å². The van der Waals surface area contributed by atoms with Crippen molar-refractivity contribution in [3.8, 4) is 0 Å². The first-order valence-corrected chi connectivity index (χ1v) is 4.62. The molecule has 0 aliphatic rings. The van der Waals surface area contributed by atoms with E-state index in [1.54, 1.807) is 0 Å². The maximum atomic E-state index is 10.6. The minimum atomic E-state index is -0.328. The monoisotopic (exact) mass is 193 g/mol. The highest BCUT2D eigenvalue weighted by Gasteiger charge is 2.05. The highest BCUT2D eigenvalue weighted by atomic mass is 16.5. The molecule has 0 spiro atoms. The van der Waals surface area contributed by atoms with Gasteiger partial charge in [-0.3, -0.25) is 4.79 Å². The molecular formula is C11H15NO2. The maximum absolute atomic E-state index is 10.6. The van der Waals surface area contributed by atoms with Gasteiger partial charge < -0.3 is 10.5 Å². The zero-order chi connectivity index (χ0) is 10.4. The minimum Gasteiger partial charge on any atom is -0.373 e.